The van der Waals surface area contributed by atoms with E-state index >= 15 is 0 Å². The van der Waals surface area contributed by atoms with Crippen LogP contribution in [0.2, 0.25) is 0 Å². The maximum atomic E-state index is 11.2. The van der Waals surface area contributed by atoms with Gasteiger partial charge >= 0.3 is 5.69 Å². The van der Waals surface area contributed by atoms with Crippen molar-refractivity contribution in [2.75, 3.05) is 5.32 Å². The summed E-state index contributed by atoms with van der Waals surface area (Å²) in [4.78, 5) is 14.7. The van der Waals surface area contributed by atoms with Crippen LogP contribution in [0.1, 0.15) is 12.5 Å². The summed E-state index contributed by atoms with van der Waals surface area (Å²) in [5.41, 5.74) is 2.18. The molecule has 0 saturated carbocycles. The highest BCUT2D eigenvalue weighted by molar-refractivity contribution is 5.72. The summed E-state index contributed by atoms with van der Waals surface area (Å²) < 4.78 is 1.59. The standard InChI is InChI=1S/C16H11N7O2/c1-10(6-17)21-14-5-13(19-9-16(14)23(24)25)15-3-2-12-4-11(7-18)8-20-22(12)15/h2-5,8-10H,1H3,(H,19,21)/t10-/m1/s1. The van der Waals surface area contributed by atoms with Crippen LogP contribution in [0.15, 0.2) is 36.7 Å². The maximum Gasteiger partial charge on any atom is 0.310 e. The predicted octanol–water partition coefficient (Wildman–Crippen LogP) is 2.50. The van der Waals surface area contributed by atoms with Gasteiger partial charge in [0.15, 0.2) is 0 Å². The lowest BCUT2D eigenvalue weighted by Crippen LogP contribution is -2.13. The second-order valence-electron chi connectivity index (χ2n) is 5.25. The smallest absolute Gasteiger partial charge is 0.310 e. The normalized spacial score (nSPS) is 11.5. The van der Waals surface area contributed by atoms with Crippen molar-refractivity contribution in [3.05, 3.63) is 52.3 Å². The first-order valence-electron chi connectivity index (χ1n) is 7.22. The van der Waals surface area contributed by atoms with Crippen molar-refractivity contribution in [2.24, 2.45) is 0 Å². The molecule has 122 valence electrons. The molecular weight excluding hydrogens is 322 g/mol. The number of pyridine rings is 1. The number of nitro groups is 1. The van der Waals surface area contributed by atoms with Gasteiger partial charge in [-0.1, -0.05) is 0 Å². The molecule has 3 aromatic heterocycles. The lowest BCUT2D eigenvalue weighted by atomic mass is 10.2. The quantitative estimate of drug-likeness (QED) is 0.572. The van der Waals surface area contributed by atoms with Crippen LogP contribution in [0, 0.1) is 32.8 Å². The van der Waals surface area contributed by atoms with Crippen molar-refractivity contribution in [3.8, 4) is 23.5 Å². The number of hydrogen-bond acceptors (Lipinski definition) is 7. The molecule has 1 atom stereocenters. The largest absolute Gasteiger partial charge is 0.364 e. The van der Waals surface area contributed by atoms with E-state index in [1.165, 1.54) is 12.3 Å². The Balaban J connectivity index is 2.12. The third kappa shape index (κ3) is 2.94. The highest BCUT2D eigenvalue weighted by Crippen LogP contribution is 2.29. The zero-order valence-electron chi connectivity index (χ0n) is 13.0. The molecule has 0 bridgehead atoms. The molecule has 0 amide bonds. The van der Waals surface area contributed by atoms with Gasteiger partial charge in [0.25, 0.3) is 0 Å². The van der Waals surface area contributed by atoms with Crippen LogP contribution in [0.25, 0.3) is 16.9 Å². The Kier molecular flexibility index (Phi) is 3.98. The highest BCUT2D eigenvalue weighted by atomic mass is 16.6. The Hall–Kier alpha value is -3.98. The summed E-state index contributed by atoms with van der Waals surface area (Å²) in [5, 5.41) is 36.0. The Morgan fingerprint density at radius 3 is 2.80 bits per heavy atom. The first-order chi connectivity index (χ1) is 12.0. The van der Waals surface area contributed by atoms with Crippen LogP contribution >= 0.6 is 0 Å². The summed E-state index contributed by atoms with van der Waals surface area (Å²) in [5.74, 6) is 0. The van der Waals surface area contributed by atoms with E-state index in [0.717, 1.165) is 6.20 Å². The maximum absolute atomic E-state index is 11.2. The van der Waals surface area contributed by atoms with E-state index in [9.17, 15) is 10.1 Å². The van der Waals surface area contributed by atoms with Crippen molar-refractivity contribution < 1.29 is 4.92 Å². The van der Waals surface area contributed by atoms with Crippen molar-refractivity contribution in [3.63, 3.8) is 0 Å². The lowest BCUT2D eigenvalue weighted by molar-refractivity contribution is -0.384. The van der Waals surface area contributed by atoms with Crippen LogP contribution in [-0.4, -0.2) is 25.6 Å². The summed E-state index contributed by atoms with van der Waals surface area (Å²) in [7, 11) is 0. The van der Waals surface area contributed by atoms with Gasteiger partial charge in [0.1, 0.15) is 24.0 Å². The Labute approximate surface area is 141 Å². The van der Waals surface area contributed by atoms with E-state index < -0.39 is 11.0 Å². The van der Waals surface area contributed by atoms with E-state index in [0.29, 0.717) is 22.5 Å². The number of aromatic nitrogens is 3. The lowest BCUT2D eigenvalue weighted by Gasteiger charge is -2.10. The molecule has 25 heavy (non-hydrogen) atoms. The number of nitrogens with zero attached hydrogens (tertiary/aromatic N) is 6. The average Bonchev–Trinajstić information content (AvgIpc) is 3.04. The molecule has 3 rings (SSSR count). The monoisotopic (exact) mass is 333 g/mol. The number of hydrogen-bond donors (Lipinski definition) is 1. The van der Waals surface area contributed by atoms with Crippen LogP contribution < -0.4 is 5.32 Å². The van der Waals surface area contributed by atoms with Gasteiger partial charge in [0, 0.05) is 0 Å². The molecule has 0 saturated heterocycles. The van der Waals surface area contributed by atoms with Crippen LogP contribution in [0.5, 0.6) is 0 Å². The van der Waals surface area contributed by atoms with E-state index in [2.05, 4.69) is 15.4 Å². The predicted molar refractivity (Wildman–Crippen MR) is 88.5 cm³/mol. The van der Waals surface area contributed by atoms with Gasteiger partial charge in [-0.2, -0.15) is 15.6 Å². The summed E-state index contributed by atoms with van der Waals surface area (Å²) in [6.45, 7) is 1.60. The van der Waals surface area contributed by atoms with Crippen LogP contribution in [0.3, 0.4) is 0 Å². The first kappa shape index (κ1) is 15.9. The Bertz CT molecular complexity index is 1060. The van der Waals surface area contributed by atoms with Crippen molar-refractivity contribution in [1.82, 2.24) is 14.6 Å². The summed E-state index contributed by atoms with van der Waals surface area (Å²) in [6.07, 6.45) is 2.57. The Morgan fingerprint density at radius 2 is 2.12 bits per heavy atom. The van der Waals surface area contributed by atoms with E-state index in [1.807, 2.05) is 12.1 Å². The molecule has 3 aromatic rings. The van der Waals surface area contributed by atoms with E-state index in [4.69, 9.17) is 10.5 Å². The second-order valence-corrected chi connectivity index (χ2v) is 5.25. The minimum atomic E-state index is -0.602. The minimum Gasteiger partial charge on any atom is -0.364 e. The van der Waals surface area contributed by atoms with E-state index in [-0.39, 0.29) is 11.4 Å². The zero-order valence-corrected chi connectivity index (χ0v) is 13.0. The summed E-state index contributed by atoms with van der Waals surface area (Å²) in [6, 6.07) is 10.1. The second kappa shape index (κ2) is 6.26. The molecule has 1 N–H and O–H groups in total. The highest BCUT2D eigenvalue weighted by Gasteiger charge is 2.19. The number of nitriles is 2. The van der Waals surface area contributed by atoms with Gasteiger partial charge in [-0.3, -0.25) is 10.1 Å². The van der Waals surface area contributed by atoms with Gasteiger partial charge in [-0.25, -0.2) is 9.50 Å². The molecule has 0 aliphatic rings. The number of anilines is 1. The summed E-state index contributed by atoms with van der Waals surface area (Å²) >= 11 is 0. The SMILES string of the molecule is C[C@H](C#N)Nc1cc(-c2ccc3cc(C#N)cnn23)ncc1[N+](=O)[O-]. The molecule has 0 aromatic carbocycles. The molecule has 0 fully saturated rings. The molecule has 9 heteroatoms. The van der Waals surface area contributed by atoms with Crippen LogP contribution in [0.4, 0.5) is 11.4 Å². The number of fused-ring (bicyclic) bond motifs is 1. The molecule has 0 spiro atoms. The van der Waals surface area contributed by atoms with Crippen molar-refractivity contribution in [2.45, 2.75) is 13.0 Å². The van der Waals surface area contributed by atoms with Crippen LogP contribution in [-0.2, 0) is 0 Å². The minimum absolute atomic E-state index is 0.202. The number of rotatable bonds is 4. The topological polar surface area (TPSA) is 133 Å². The zero-order chi connectivity index (χ0) is 18.0. The molecule has 0 aliphatic heterocycles. The van der Waals surface area contributed by atoms with Gasteiger partial charge in [0.2, 0.25) is 0 Å². The number of nitrogens with one attached hydrogen (secondary N) is 1. The fourth-order valence-electron chi connectivity index (χ4n) is 2.37. The third-order valence-electron chi connectivity index (χ3n) is 3.54. The van der Waals surface area contributed by atoms with Gasteiger partial charge in [-0.15, -0.1) is 0 Å². The third-order valence-corrected chi connectivity index (χ3v) is 3.54. The molecule has 0 unspecified atom stereocenters. The molecule has 0 aliphatic carbocycles. The Morgan fingerprint density at radius 1 is 1.32 bits per heavy atom. The fourth-order valence-corrected chi connectivity index (χ4v) is 2.37. The van der Waals surface area contributed by atoms with Crippen molar-refractivity contribution >= 4 is 16.9 Å². The average molecular weight is 333 g/mol. The van der Waals surface area contributed by atoms with Gasteiger partial charge in [0.05, 0.1) is 39.7 Å². The first-order valence-corrected chi connectivity index (χ1v) is 7.22. The molecule has 9 nitrogen and oxygen atoms in total. The molecule has 3 heterocycles. The van der Waals surface area contributed by atoms with Gasteiger partial charge < -0.3 is 5.32 Å². The molecule has 0 radical (unpaired) electrons. The fraction of sp³-hybridized carbons (Fsp3) is 0.125. The molecular formula is C16H11N7O2. The van der Waals surface area contributed by atoms with Crippen molar-refractivity contribution in [1.29, 1.82) is 10.5 Å². The van der Waals surface area contributed by atoms with Gasteiger partial charge in [-0.05, 0) is 31.2 Å². The van der Waals surface area contributed by atoms with E-state index in [1.54, 1.807) is 29.6 Å².